The Balaban J connectivity index is 3.72. The molecule has 70 valence electrons. The molecule has 0 aromatic carbocycles. The van der Waals surface area contributed by atoms with Gasteiger partial charge in [-0.15, -0.1) is 0 Å². The molecule has 0 bridgehead atoms. The van der Waals surface area contributed by atoms with Crippen LogP contribution in [-0.2, 0) is 0 Å². The van der Waals surface area contributed by atoms with Crippen LogP contribution in [0.25, 0.3) is 0 Å². The van der Waals surface area contributed by atoms with Crippen molar-refractivity contribution in [2.75, 3.05) is 20.6 Å². The maximum absolute atomic E-state index is 11.2. The highest BCUT2D eigenvalue weighted by atomic mass is 16.2. The second-order valence-electron chi connectivity index (χ2n) is 3.06. The lowest BCUT2D eigenvalue weighted by atomic mass is 10.2. The van der Waals surface area contributed by atoms with Crippen molar-refractivity contribution in [1.82, 2.24) is 10.2 Å². The zero-order chi connectivity index (χ0) is 9.56. The Kier molecular flexibility index (Phi) is 5.08. The molecule has 0 atom stereocenters. The highest BCUT2D eigenvalue weighted by molar-refractivity contribution is 5.85. The van der Waals surface area contributed by atoms with Gasteiger partial charge in [0.2, 0.25) is 0 Å². The lowest BCUT2D eigenvalue weighted by Gasteiger charge is -2.13. The smallest absolute Gasteiger partial charge is 0.322 e. The van der Waals surface area contributed by atoms with E-state index in [1.165, 1.54) is 11.2 Å². The molecule has 0 aliphatic heterocycles. The fraction of sp³-hybridized carbons (Fsp3) is 0.750. The van der Waals surface area contributed by atoms with Crippen LogP contribution in [-0.4, -0.2) is 37.9 Å². The van der Waals surface area contributed by atoms with Gasteiger partial charge in [0.25, 0.3) is 0 Å². The molecule has 0 aromatic heterocycles. The number of nitrogens with zero attached hydrogens (tertiary/aromatic N) is 2. The van der Waals surface area contributed by atoms with Crippen LogP contribution in [0.15, 0.2) is 4.99 Å². The van der Waals surface area contributed by atoms with Gasteiger partial charge in [-0.2, -0.15) is 0 Å². The summed E-state index contributed by atoms with van der Waals surface area (Å²) in [4.78, 5) is 16.3. The van der Waals surface area contributed by atoms with E-state index in [-0.39, 0.29) is 6.03 Å². The van der Waals surface area contributed by atoms with Crippen molar-refractivity contribution in [2.45, 2.75) is 13.8 Å². The molecule has 0 unspecified atom stereocenters. The monoisotopic (exact) mass is 171 g/mol. The quantitative estimate of drug-likeness (QED) is 0.498. The van der Waals surface area contributed by atoms with Gasteiger partial charge >= 0.3 is 6.03 Å². The van der Waals surface area contributed by atoms with E-state index >= 15 is 0 Å². The Morgan fingerprint density at radius 2 is 2.25 bits per heavy atom. The summed E-state index contributed by atoms with van der Waals surface area (Å²) in [6.07, 6.45) is 1.48. The van der Waals surface area contributed by atoms with Crippen LogP contribution < -0.4 is 5.32 Å². The molecule has 0 radical (unpaired) electrons. The Hall–Kier alpha value is -1.06. The van der Waals surface area contributed by atoms with Crippen molar-refractivity contribution in [3.05, 3.63) is 0 Å². The second kappa shape index (κ2) is 5.57. The molecule has 4 nitrogen and oxygen atoms in total. The maximum Gasteiger partial charge on any atom is 0.322 e. The average molecular weight is 171 g/mol. The summed E-state index contributed by atoms with van der Waals surface area (Å²) in [5, 5.41) is 2.76. The lowest BCUT2D eigenvalue weighted by molar-refractivity contribution is 0.226. The Labute approximate surface area is 73.7 Å². The molecule has 0 aliphatic rings. The second-order valence-corrected chi connectivity index (χ2v) is 3.06. The van der Waals surface area contributed by atoms with Crippen LogP contribution in [0.4, 0.5) is 4.79 Å². The Bertz CT molecular complexity index is 166. The molecule has 2 amide bonds. The largest absolute Gasteiger partial charge is 0.337 e. The predicted octanol–water partition coefficient (Wildman–Crippen LogP) is 0.942. The first-order chi connectivity index (χ1) is 5.57. The molecule has 0 saturated carbocycles. The Morgan fingerprint density at radius 1 is 1.67 bits per heavy atom. The summed E-state index contributed by atoms with van der Waals surface area (Å²) < 4.78 is 0. The van der Waals surface area contributed by atoms with Gasteiger partial charge in [-0.25, -0.2) is 4.79 Å². The number of carbonyl (C=O) groups excluding carboxylic acids is 1. The fourth-order valence-corrected chi connectivity index (χ4v) is 0.642. The van der Waals surface area contributed by atoms with Crippen LogP contribution in [0.1, 0.15) is 13.8 Å². The first-order valence-electron chi connectivity index (χ1n) is 4.01. The minimum Gasteiger partial charge on any atom is -0.337 e. The normalized spacial score (nSPS) is 10.8. The number of urea groups is 1. The number of aliphatic imine (C=N–C) groups is 1. The molecule has 0 aliphatic carbocycles. The molecule has 0 heterocycles. The van der Waals surface area contributed by atoms with Crippen molar-refractivity contribution in [3.63, 3.8) is 0 Å². The first kappa shape index (κ1) is 10.9. The topological polar surface area (TPSA) is 44.7 Å². The van der Waals surface area contributed by atoms with Crippen molar-refractivity contribution in [1.29, 1.82) is 0 Å². The standard InChI is InChI=1S/C8H17N3O/c1-7(2)5-10-8(12)11(4)6-9-3/h6-7H,5H2,1-4H3,(H,10,12). The lowest BCUT2D eigenvalue weighted by Crippen LogP contribution is -2.38. The summed E-state index contributed by atoms with van der Waals surface area (Å²) in [6, 6.07) is -0.116. The third-order valence-electron chi connectivity index (χ3n) is 1.27. The van der Waals surface area contributed by atoms with E-state index < -0.39 is 0 Å². The maximum atomic E-state index is 11.2. The van der Waals surface area contributed by atoms with E-state index in [9.17, 15) is 4.79 Å². The van der Waals surface area contributed by atoms with Gasteiger partial charge in [0.05, 0.1) is 6.34 Å². The van der Waals surface area contributed by atoms with Crippen molar-refractivity contribution < 1.29 is 4.79 Å². The number of hydrogen-bond donors (Lipinski definition) is 1. The third kappa shape index (κ3) is 4.71. The SMILES string of the molecule is CN=CN(C)C(=O)NCC(C)C. The van der Waals surface area contributed by atoms with E-state index in [0.717, 1.165) is 0 Å². The molecule has 4 heteroatoms. The summed E-state index contributed by atoms with van der Waals surface area (Å²) >= 11 is 0. The van der Waals surface area contributed by atoms with E-state index in [4.69, 9.17) is 0 Å². The fourth-order valence-electron chi connectivity index (χ4n) is 0.642. The molecule has 0 fully saturated rings. The van der Waals surface area contributed by atoms with Crippen LogP contribution in [0.2, 0.25) is 0 Å². The highest BCUT2D eigenvalue weighted by Crippen LogP contribution is 1.88. The van der Waals surface area contributed by atoms with Gasteiger partial charge in [0, 0.05) is 20.6 Å². The van der Waals surface area contributed by atoms with Crippen LogP contribution in [0.5, 0.6) is 0 Å². The Morgan fingerprint density at radius 3 is 2.67 bits per heavy atom. The van der Waals surface area contributed by atoms with Crippen molar-refractivity contribution >= 4 is 12.4 Å². The van der Waals surface area contributed by atoms with E-state index in [0.29, 0.717) is 12.5 Å². The van der Waals surface area contributed by atoms with Crippen LogP contribution in [0.3, 0.4) is 0 Å². The average Bonchev–Trinajstić information content (AvgIpc) is 2.00. The van der Waals surface area contributed by atoms with Gasteiger partial charge in [-0.3, -0.25) is 9.89 Å². The zero-order valence-corrected chi connectivity index (χ0v) is 8.16. The molecule has 0 rings (SSSR count). The molecule has 0 spiro atoms. The molecular formula is C8H17N3O. The van der Waals surface area contributed by atoms with Crippen molar-refractivity contribution in [2.24, 2.45) is 10.9 Å². The summed E-state index contributed by atoms with van der Waals surface area (Å²) in [7, 11) is 3.30. The van der Waals surface area contributed by atoms with E-state index in [2.05, 4.69) is 10.3 Å². The summed E-state index contributed by atoms with van der Waals surface area (Å²) in [6.45, 7) is 4.79. The number of rotatable bonds is 3. The number of hydrogen-bond acceptors (Lipinski definition) is 2. The number of amides is 2. The summed E-state index contributed by atoms with van der Waals surface area (Å²) in [5.74, 6) is 0.473. The first-order valence-corrected chi connectivity index (χ1v) is 4.01. The molecule has 12 heavy (non-hydrogen) atoms. The predicted molar refractivity (Wildman–Crippen MR) is 50.4 cm³/mol. The van der Waals surface area contributed by atoms with Gasteiger partial charge < -0.3 is 5.32 Å². The highest BCUT2D eigenvalue weighted by Gasteiger charge is 2.04. The molecule has 1 N–H and O–H groups in total. The zero-order valence-electron chi connectivity index (χ0n) is 8.16. The van der Waals surface area contributed by atoms with Gasteiger partial charge in [-0.1, -0.05) is 13.8 Å². The number of carbonyl (C=O) groups is 1. The van der Waals surface area contributed by atoms with Crippen molar-refractivity contribution in [3.8, 4) is 0 Å². The van der Waals surface area contributed by atoms with E-state index in [1.54, 1.807) is 14.1 Å². The van der Waals surface area contributed by atoms with Crippen LogP contribution in [0, 0.1) is 5.92 Å². The molecule has 0 aromatic rings. The van der Waals surface area contributed by atoms with E-state index in [1.807, 2.05) is 13.8 Å². The van der Waals surface area contributed by atoms with Crippen LogP contribution >= 0.6 is 0 Å². The summed E-state index contributed by atoms with van der Waals surface area (Å²) in [5.41, 5.74) is 0. The molecule has 0 saturated heterocycles. The number of nitrogens with one attached hydrogen (secondary N) is 1. The minimum absolute atomic E-state index is 0.116. The minimum atomic E-state index is -0.116. The van der Waals surface area contributed by atoms with Gasteiger partial charge in [-0.05, 0) is 5.92 Å². The third-order valence-corrected chi connectivity index (χ3v) is 1.27. The molecular weight excluding hydrogens is 154 g/mol. The van der Waals surface area contributed by atoms with Gasteiger partial charge in [0.1, 0.15) is 0 Å². The van der Waals surface area contributed by atoms with Gasteiger partial charge in [0.15, 0.2) is 0 Å².